The van der Waals surface area contributed by atoms with E-state index in [4.69, 9.17) is 39.5 Å². The molecule has 2 aromatic rings. The van der Waals surface area contributed by atoms with Crippen molar-refractivity contribution in [2.24, 2.45) is 0 Å². The molecule has 0 saturated heterocycles. The van der Waals surface area contributed by atoms with Crippen molar-refractivity contribution in [1.29, 1.82) is 0 Å². The molecule has 0 fully saturated rings. The van der Waals surface area contributed by atoms with E-state index in [1.54, 1.807) is 36.4 Å². The van der Waals surface area contributed by atoms with Gasteiger partial charge >= 0.3 is 0 Å². The lowest BCUT2D eigenvalue weighted by Gasteiger charge is -2.31. The Labute approximate surface area is 205 Å². The van der Waals surface area contributed by atoms with Crippen LogP contribution in [0.5, 0.6) is 5.75 Å². The molecular weight excluding hydrogens is 471 g/mol. The highest BCUT2D eigenvalue weighted by molar-refractivity contribution is 6.35. The second-order valence-electron chi connectivity index (χ2n) is 7.70. The molecule has 32 heavy (non-hydrogen) atoms. The summed E-state index contributed by atoms with van der Waals surface area (Å²) in [7, 11) is 0. The topological polar surface area (TPSA) is 58.6 Å². The van der Waals surface area contributed by atoms with E-state index in [2.05, 4.69) is 5.32 Å². The van der Waals surface area contributed by atoms with Gasteiger partial charge < -0.3 is 15.0 Å². The zero-order chi connectivity index (χ0) is 23.8. The Balaban J connectivity index is 2.26. The van der Waals surface area contributed by atoms with E-state index in [9.17, 15) is 9.59 Å². The van der Waals surface area contributed by atoms with Crippen LogP contribution < -0.4 is 10.1 Å². The van der Waals surface area contributed by atoms with Gasteiger partial charge in [0.2, 0.25) is 5.91 Å². The number of aryl methyl sites for hydroxylation is 1. The number of nitrogens with zero attached hydrogens (tertiary/aromatic N) is 1. The largest absolute Gasteiger partial charge is 0.484 e. The Morgan fingerprint density at radius 2 is 1.75 bits per heavy atom. The fraction of sp³-hybridized carbons (Fsp3) is 0.417. The molecule has 2 atom stereocenters. The van der Waals surface area contributed by atoms with Gasteiger partial charge in [0.1, 0.15) is 11.8 Å². The SMILES string of the molecule is CC[C@@H](C)NC(=O)[C@H](CC)N(Cc1ccc(Cl)cc1Cl)C(=O)COc1ccc(Cl)c(C)c1. The summed E-state index contributed by atoms with van der Waals surface area (Å²) in [5, 5.41) is 4.52. The predicted octanol–water partition coefficient (Wildman–Crippen LogP) is 6.06. The van der Waals surface area contributed by atoms with Crippen molar-refractivity contribution in [3.05, 3.63) is 62.6 Å². The van der Waals surface area contributed by atoms with Crippen LogP contribution in [0, 0.1) is 6.92 Å². The van der Waals surface area contributed by atoms with Crippen molar-refractivity contribution in [3.8, 4) is 5.75 Å². The third kappa shape index (κ3) is 7.29. The van der Waals surface area contributed by atoms with Gasteiger partial charge in [-0.05, 0) is 68.1 Å². The fourth-order valence-corrected chi connectivity index (χ4v) is 3.71. The predicted molar refractivity (Wildman–Crippen MR) is 131 cm³/mol. The summed E-state index contributed by atoms with van der Waals surface area (Å²) >= 11 is 18.4. The molecule has 1 N–H and O–H groups in total. The molecule has 0 heterocycles. The quantitative estimate of drug-likeness (QED) is 0.432. The first-order valence-electron chi connectivity index (χ1n) is 10.6. The highest BCUT2D eigenvalue weighted by Gasteiger charge is 2.30. The summed E-state index contributed by atoms with van der Waals surface area (Å²) in [6.07, 6.45) is 1.23. The van der Waals surface area contributed by atoms with Gasteiger partial charge in [0.25, 0.3) is 5.91 Å². The van der Waals surface area contributed by atoms with Gasteiger partial charge in [0, 0.05) is 27.7 Å². The third-order valence-corrected chi connectivity index (χ3v) is 6.25. The summed E-state index contributed by atoms with van der Waals surface area (Å²) in [6, 6.07) is 9.61. The minimum absolute atomic E-state index is 0.000847. The molecule has 0 bridgehead atoms. The van der Waals surface area contributed by atoms with Gasteiger partial charge in [-0.3, -0.25) is 9.59 Å². The molecule has 0 spiro atoms. The number of halogens is 3. The van der Waals surface area contributed by atoms with Crippen molar-refractivity contribution in [2.75, 3.05) is 6.61 Å². The van der Waals surface area contributed by atoms with Crippen molar-refractivity contribution in [1.82, 2.24) is 10.2 Å². The van der Waals surface area contributed by atoms with Gasteiger partial charge in [-0.25, -0.2) is 0 Å². The summed E-state index contributed by atoms with van der Waals surface area (Å²) < 4.78 is 5.71. The Kier molecular flexibility index (Phi) is 10.1. The minimum Gasteiger partial charge on any atom is -0.484 e. The van der Waals surface area contributed by atoms with Gasteiger partial charge in [0.15, 0.2) is 6.61 Å². The number of carbonyl (C=O) groups is 2. The Morgan fingerprint density at radius 3 is 2.34 bits per heavy atom. The molecule has 0 saturated carbocycles. The number of amides is 2. The average molecular weight is 500 g/mol. The molecule has 0 radical (unpaired) electrons. The number of hydrogen-bond acceptors (Lipinski definition) is 3. The summed E-state index contributed by atoms with van der Waals surface area (Å²) in [5.74, 6) is -0.000717. The molecule has 5 nitrogen and oxygen atoms in total. The summed E-state index contributed by atoms with van der Waals surface area (Å²) in [4.78, 5) is 27.7. The number of hydrogen-bond donors (Lipinski definition) is 1. The van der Waals surface area contributed by atoms with Gasteiger partial charge in [-0.15, -0.1) is 0 Å². The third-order valence-electron chi connectivity index (χ3n) is 5.23. The van der Waals surface area contributed by atoms with Crippen LogP contribution in [0.15, 0.2) is 36.4 Å². The van der Waals surface area contributed by atoms with Crippen molar-refractivity contribution in [3.63, 3.8) is 0 Å². The van der Waals surface area contributed by atoms with Crippen LogP contribution in [-0.2, 0) is 16.1 Å². The normalized spacial score (nSPS) is 12.7. The van der Waals surface area contributed by atoms with Gasteiger partial charge in [0.05, 0.1) is 0 Å². The first-order valence-corrected chi connectivity index (χ1v) is 11.7. The molecule has 174 valence electrons. The number of nitrogens with one attached hydrogen (secondary N) is 1. The standard InChI is InChI=1S/C24H29Cl3N2O3/c1-5-16(4)28-24(31)22(6-2)29(13-17-7-8-18(25)12-21(17)27)23(30)14-32-19-9-10-20(26)15(3)11-19/h7-12,16,22H,5-6,13-14H2,1-4H3,(H,28,31)/t16-,22+/m1/s1. The van der Waals surface area contributed by atoms with E-state index in [0.29, 0.717) is 32.8 Å². The Hall–Kier alpha value is -1.95. The summed E-state index contributed by atoms with van der Waals surface area (Å²) in [6.45, 7) is 7.58. The molecule has 0 aromatic heterocycles. The molecule has 2 amide bonds. The molecule has 2 aromatic carbocycles. The molecule has 0 unspecified atom stereocenters. The maximum absolute atomic E-state index is 13.2. The first kappa shape index (κ1) is 26.3. The van der Waals surface area contributed by atoms with Crippen LogP contribution in [0.4, 0.5) is 0 Å². The van der Waals surface area contributed by atoms with Crippen molar-refractivity contribution < 1.29 is 14.3 Å². The fourth-order valence-electron chi connectivity index (χ4n) is 3.13. The molecule has 0 aliphatic heterocycles. The lowest BCUT2D eigenvalue weighted by molar-refractivity contribution is -0.143. The molecular formula is C24H29Cl3N2O3. The second-order valence-corrected chi connectivity index (χ2v) is 8.95. The monoisotopic (exact) mass is 498 g/mol. The number of ether oxygens (including phenoxy) is 1. The second kappa shape index (κ2) is 12.3. The van der Waals surface area contributed by atoms with Crippen molar-refractivity contribution in [2.45, 2.75) is 59.2 Å². The zero-order valence-electron chi connectivity index (χ0n) is 18.8. The molecule has 0 aliphatic carbocycles. The Bertz CT molecular complexity index is 952. The van der Waals surface area contributed by atoms with Crippen LogP contribution in [-0.4, -0.2) is 35.4 Å². The minimum atomic E-state index is -0.668. The highest BCUT2D eigenvalue weighted by atomic mass is 35.5. The van der Waals surface area contributed by atoms with Crippen molar-refractivity contribution >= 4 is 46.6 Å². The zero-order valence-corrected chi connectivity index (χ0v) is 21.0. The van der Waals surface area contributed by atoms with E-state index in [-0.39, 0.29) is 31.0 Å². The van der Waals surface area contributed by atoms with E-state index >= 15 is 0 Å². The maximum atomic E-state index is 13.2. The van der Waals surface area contributed by atoms with Crippen LogP contribution in [0.2, 0.25) is 15.1 Å². The Morgan fingerprint density at radius 1 is 1.03 bits per heavy atom. The van der Waals surface area contributed by atoms with E-state index in [1.165, 1.54) is 4.90 Å². The number of benzene rings is 2. The van der Waals surface area contributed by atoms with E-state index in [1.807, 2.05) is 27.7 Å². The lowest BCUT2D eigenvalue weighted by Crippen LogP contribution is -2.51. The lowest BCUT2D eigenvalue weighted by atomic mass is 10.1. The van der Waals surface area contributed by atoms with Crippen LogP contribution in [0.3, 0.4) is 0 Å². The highest BCUT2D eigenvalue weighted by Crippen LogP contribution is 2.25. The average Bonchev–Trinajstić information content (AvgIpc) is 2.75. The van der Waals surface area contributed by atoms with Crippen LogP contribution in [0.1, 0.15) is 44.7 Å². The van der Waals surface area contributed by atoms with E-state index in [0.717, 1.165) is 12.0 Å². The smallest absolute Gasteiger partial charge is 0.261 e. The molecule has 8 heteroatoms. The van der Waals surface area contributed by atoms with Gasteiger partial charge in [-0.2, -0.15) is 0 Å². The number of rotatable bonds is 10. The van der Waals surface area contributed by atoms with Gasteiger partial charge in [-0.1, -0.05) is 54.7 Å². The van der Waals surface area contributed by atoms with Crippen LogP contribution in [0.25, 0.3) is 0 Å². The summed E-state index contributed by atoms with van der Waals surface area (Å²) in [5.41, 5.74) is 1.54. The van der Waals surface area contributed by atoms with E-state index < -0.39 is 6.04 Å². The maximum Gasteiger partial charge on any atom is 0.261 e. The first-order chi connectivity index (χ1) is 15.2. The molecule has 2 rings (SSSR count). The molecule has 0 aliphatic rings. The van der Waals surface area contributed by atoms with Crippen LogP contribution >= 0.6 is 34.8 Å². The number of carbonyl (C=O) groups excluding carboxylic acids is 2.